The van der Waals surface area contributed by atoms with Crippen molar-refractivity contribution in [2.75, 3.05) is 25.0 Å². The highest BCUT2D eigenvalue weighted by atomic mass is 16.2. The second kappa shape index (κ2) is 8.86. The fraction of sp³-hybridized carbons (Fsp3) is 0.667. The second-order valence-corrected chi connectivity index (χ2v) is 9.28. The monoisotopic (exact) mass is 397 g/mol. The van der Waals surface area contributed by atoms with Crippen LogP contribution in [0.1, 0.15) is 70.3 Å². The minimum atomic E-state index is 0.00307. The Morgan fingerprint density at radius 3 is 2.31 bits per heavy atom. The summed E-state index contributed by atoms with van der Waals surface area (Å²) in [7, 11) is 0. The number of nitrogens with one attached hydrogen (secondary N) is 1. The molecule has 1 aromatic carbocycles. The molecule has 3 atom stereocenters. The number of benzene rings is 1. The van der Waals surface area contributed by atoms with Crippen LogP contribution in [0.25, 0.3) is 0 Å². The van der Waals surface area contributed by atoms with Crippen LogP contribution >= 0.6 is 0 Å². The van der Waals surface area contributed by atoms with Crippen molar-refractivity contribution < 1.29 is 9.59 Å². The average Bonchev–Trinajstić information content (AvgIpc) is 3.37. The number of nitrogens with zero attached hydrogens (tertiary/aromatic N) is 2. The summed E-state index contributed by atoms with van der Waals surface area (Å²) in [5, 5.41) is 3.08. The van der Waals surface area contributed by atoms with Gasteiger partial charge in [-0.3, -0.25) is 14.5 Å². The van der Waals surface area contributed by atoms with Gasteiger partial charge in [0.1, 0.15) is 0 Å². The Morgan fingerprint density at radius 1 is 0.966 bits per heavy atom. The van der Waals surface area contributed by atoms with Crippen LogP contribution in [0.5, 0.6) is 0 Å². The van der Waals surface area contributed by atoms with Crippen LogP contribution in [0.2, 0.25) is 0 Å². The Labute approximate surface area is 174 Å². The lowest BCUT2D eigenvalue weighted by Crippen LogP contribution is -2.40. The van der Waals surface area contributed by atoms with Crippen molar-refractivity contribution in [3.8, 4) is 0 Å². The molecule has 5 heteroatoms. The maximum absolute atomic E-state index is 12.6. The molecular weight excluding hydrogens is 362 g/mol. The van der Waals surface area contributed by atoms with Crippen LogP contribution in [0.4, 0.5) is 5.69 Å². The van der Waals surface area contributed by atoms with Crippen molar-refractivity contribution in [3.63, 3.8) is 0 Å². The van der Waals surface area contributed by atoms with Gasteiger partial charge >= 0.3 is 0 Å². The van der Waals surface area contributed by atoms with Gasteiger partial charge in [0.05, 0.1) is 0 Å². The third kappa shape index (κ3) is 4.66. The number of piperidine rings is 1. The van der Waals surface area contributed by atoms with Gasteiger partial charge in [0, 0.05) is 43.7 Å². The van der Waals surface area contributed by atoms with Gasteiger partial charge in [-0.1, -0.05) is 12.1 Å². The van der Waals surface area contributed by atoms with Crippen LogP contribution in [0.15, 0.2) is 24.3 Å². The molecule has 2 amide bonds. The molecule has 0 spiro atoms. The van der Waals surface area contributed by atoms with Gasteiger partial charge in [-0.15, -0.1) is 0 Å². The first kappa shape index (κ1) is 20.4. The zero-order valence-electron chi connectivity index (χ0n) is 17.9. The highest BCUT2D eigenvalue weighted by Crippen LogP contribution is 2.39. The Kier molecular flexibility index (Phi) is 6.23. The summed E-state index contributed by atoms with van der Waals surface area (Å²) >= 11 is 0. The lowest BCUT2D eigenvalue weighted by atomic mass is 9.95. The van der Waals surface area contributed by atoms with Crippen LogP contribution in [0.3, 0.4) is 0 Å². The third-order valence-electron chi connectivity index (χ3n) is 7.44. The maximum atomic E-state index is 12.6. The number of hydrogen-bond donors (Lipinski definition) is 1. The standard InChI is InChI=1S/C24H35N3O2/c1-17-4-3-13-27(17)23-10-7-21(16-23)19-5-8-22(9-6-19)25-24(29)20-11-14-26(15-12-20)18(2)28/h5-6,8-9,17,20-21,23H,3-4,7,10-16H2,1-2H3,(H,25,29)/t17-,21-,23?/m0/s1. The Bertz CT molecular complexity index is 724. The molecule has 3 fully saturated rings. The maximum Gasteiger partial charge on any atom is 0.227 e. The van der Waals surface area contributed by atoms with E-state index in [0.717, 1.165) is 30.6 Å². The molecule has 1 N–H and O–H groups in total. The van der Waals surface area contributed by atoms with Crippen LogP contribution in [-0.2, 0) is 9.59 Å². The molecule has 29 heavy (non-hydrogen) atoms. The van der Waals surface area contributed by atoms with E-state index >= 15 is 0 Å². The molecule has 0 bridgehead atoms. The van der Waals surface area contributed by atoms with E-state index in [2.05, 4.69) is 41.4 Å². The highest BCUT2D eigenvalue weighted by molar-refractivity contribution is 5.92. The number of anilines is 1. The van der Waals surface area contributed by atoms with E-state index in [1.54, 1.807) is 6.92 Å². The fourth-order valence-corrected chi connectivity index (χ4v) is 5.60. The molecule has 1 unspecified atom stereocenters. The highest BCUT2D eigenvalue weighted by Gasteiger charge is 2.34. The Hall–Kier alpha value is -1.88. The van der Waals surface area contributed by atoms with E-state index in [0.29, 0.717) is 19.0 Å². The van der Waals surface area contributed by atoms with E-state index < -0.39 is 0 Å². The zero-order chi connectivity index (χ0) is 20.4. The molecule has 1 saturated carbocycles. The molecule has 0 aromatic heterocycles. The summed E-state index contributed by atoms with van der Waals surface area (Å²) in [6.45, 7) is 6.62. The van der Waals surface area contributed by atoms with Gasteiger partial charge < -0.3 is 10.2 Å². The van der Waals surface area contributed by atoms with Crippen LogP contribution in [-0.4, -0.2) is 53.3 Å². The average molecular weight is 398 g/mol. The van der Waals surface area contributed by atoms with Gasteiger partial charge in [0.25, 0.3) is 0 Å². The smallest absolute Gasteiger partial charge is 0.227 e. The Balaban J connectivity index is 1.28. The van der Waals surface area contributed by atoms with Crippen molar-refractivity contribution in [1.29, 1.82) is 0 Å². The summed E-state index contributed by atoms with van der Waals surface area (Å²) in [6.07, 6.45) is 8.06. The molecule has 1 aliphatic carbocycles. The van der Waals surface area contributed by atoms with E-state index in [4.69, 9.17) is 0 Å². The summed E-state index contributed by atoms with van der Waals surface area (Å²) in [5.41, 5.74) is 2.29. The number of likely N-dealkylation sites (tertiary alicyclic amines) is 2. The second-order valence-electron chi connectivity index (χ2n) is 9.28. The molecule has 4 rings (SSSR count). The first-order valence-electron chi connectivity index (χ1n) is 11.4. The molecular formula is C24H35N3O2. The van der Waals surface area contributed by atoms with E-state index in [-0.39, 0.29) is 17.7 Å². The minimum absolute atomic E-state index is 0.00307. The predicted octanol–water partition coefficient (Wildman–Crippen LogP) is 4.00. The van der Waals surface area contributed by atoms with E-state index in [9.17, 15) is 9.59 Å². The minimum Gasteiger partial charge on any atom is -0.343 e. The normalized spacial score (nSPS) is 28.6. The summed E-state index contributed by atoms with van der Waals surface area (Å²) in [6, 6.07) is 10.0. The first-order chi connectivity index (χ1) is 14.0. The van der Waals surface area contributed by atoms with Gasteiger partial charge in [-0.25, -0.2) is 0 Å². The topological polar surface area (TPSA) is 52.7 Å². The quantitative estimate of drug-likeness (QED) is 0.835. The zero-order valence-corrected chi connectivity index (χ0v) is 17.9. The lowest BCUT2D eigenvalue weighted by molar-refractivity contribution is -0.132. The molecule has 158 valence electrons. The SMILES string of the molecule is CC(=O)N1CCC(C(=O)Nc2ccc([C@H]3CCC(N4CCC[C@@H]4C)C3)cc2)CC1. The van der Waals surface area contributed by atoms with Crippen molar-refractivity contribution in [3.05, 3.63) is 29.8 Å². The van der Waals surface area contributed by atoms with Crippen LogP contribution in [0, 0.1) is 5.92 Å². The van der Waals surface area contributed by atoms with Gasteiger partial charge in [0.2, 0.25) is 11.8 Å². The van der Waals surface area contributed by atoms with Gasteiger partial charge in [0.15, 0.2) is 0 Å². The van der Waals surface area contributed by atoms with E-state index in [1.165, 1.54) is 44.2 Å². The van der Waals surface area contributed by atoms with E-state index in [1.807, 2.05) is 4.90 Å². The molecule has 2 saturated heterocycles. The number of carbonyl (C=O) groups is 2. The third-order valence-corrected chi connectivity index (χ3v) is 7.44. The summed E-state index contributed by atoms with van der Waals surface area (Å²) in [5.74, 6) is 0.842. The lowest BCUT2D eigenvalue weighted by Gasteiger charge is -2.30. The van der Waals surface area contributed by atoms with Crippen LogP contribution < -0.4 is 5.32 Å². The number of amides is 2. The molecule has 2 aliphatic heterocycles. The predicted molar refractivity (Wildman–Crippen MR) is 116 cm³/mol. The largest absolute Gasteiger partial charge is 0.343 e. The van der Waals surface area contributed by atoms with Crippen molar-refractivity contribution in [2.24, 2.45) is 5.92 Å². The van der Waals surface area contributed by atoms with Gasteiger partial charge in [-0.05, 0) is 82.0 Å². The Morgan fingerprint density at radius 2 is 1.69 bits per heavy atom. The van der Waals surface area contributed by atoms with Crippen molar-refractivity contribution in [2.45, 2.75) is 76.8 Å². The fourth-order valence-electron chi connectivity index (χ4n) is 5.60. The molecule has 2 heterocycles. The molecule has 0 radical (unpaired) electrons. The number of hydrogen-bond acceptors (Lipinski definition) is 3. The van der Waals surface area contributed by atoms with Crippen molar-refractivity contribution >= 4 is 17.5 Å². The number of rotatable bonds is 4. The van der Waals surface area contributed by atoms with Gasteiger partial charge in [-0.2, -0.15) is 0 Å². The molecule has 5 nitrogen and oxygen atoms in total. The first-order valence-corrected chi connectivity index (χ1v) is 11.4. The van der Waals surface area contributed by atoms with Crippen molar-refractivity contribution in [1.82, 2.24) is 9.80 Å². The molecule has 3 aliphatic rings. The number of carbonyl (C=O) groups excluding carboxylic acids is 2. The molecule has 1 aromatic rings. The summed E-state index contributed by atoms with van der Waals surface area (Å²) < 4.78 is 0. The summed E-state index contributed by atoms with van der Waals surface area (Å²) in [4.78, 5) is 28.6.